The molecular formula is C16H20N2O. The van der Waals surface area contributed by atoms with Crippen LogP contribution in [0.15, 0.2) is 24.3 Å². The van der Waals surface area contributed by atoms with Gasteiger partial charge in [0, 0.05) is 11.3 Å². The molecule has 0 aliphatic carbocycles. The SMILES string of the molecule is Cc1ccc(-c2cc(C)nc(C(C)(C)O)n2)c(C)c1. The van der Waals surface area contributed by atoms with E-state index < -0.39 is 5.60 Å². The zero-order valence-electron chi connectivity index (χ0n) is 12.2. The monoisotopic (exact) mass is 256 g/mol. The Morgan fingerprint density at radius 3 is 2.26 bits per heavy atom. The van der Waals surface area contributed by atoms with Gasteiger partial charge in [0.1, 0.15) is 5.60 Å². The van der Waals surface area contributed by atoms with Gasteiger partial charge in [-0.25, -0.2) is 9.97 Å². The van der Waals surface area contributed by atoms with E-state index >= 15 is 0 Å². The average molecular weight is 256 g/mol. The molecule has 0 aliphatic heterocycles. The van der Waals surface area contributed by atoms with Gasteiger partial charge in [-0.3, -0.25) is 0 Å². The Bertz CT molecular complexity index is 613. The zero-order valence-corrected chi connectivity index (χ0v) is 12.2. The van der Waals surface area contributed by atoms with E-state index in [1.165, 1.54) is 11.1 Å². The molecule has 0 saturated carbocycles. The molecule has 1 aromatic heterocycles. The third-order valence-electron chi connectivity index (χ3n) is 3.06. The highest BCUT2D eigenvalue weighted by atomic mass is 16.3. The molecule has 0 fully saturated rings. The predicted molar refractivity (Wildman–Crippen MR) is 76.9 cm³/mol. The van der Waals surface area contributed by atoms with Crippen LogP contribution in [0.5, 0.6) is 0 Å². The van der Waals surface area contributed by atoms with Gasteiger partial charge in [0.05, 0.1) is 5.69 Å². The van der Waals surface area contributed by atoms with E-state index in [2.05, 4.69) is 42.0 Å². The molecule has 0 bridgehead atoms. The van der Waals surface area contributed by atoms with Crippen molar-refractivity contribution >= 4 is 0 Å². The maximum atomic E-state index is 10.1. The van der Waals surface area contributed by atoms with Crippen LogP contribution in [0.25, 0.3) is 11.3 Å². The summed E-state index contributed by atoms with van der Waals surface area (Å²) in [5.74, 6) is 0.461. The van der Waals surface area contributed by atoms with E-state index in [-0.39, 0.29) is 0 Å². The summed E-state index contributed by atoms with van der Waals surface area (Å²) in [4.78, 5) is 8.82. The van der Waals surface area contributed by atoms with Gasteiger partial charge in [0.15, 0.2) is 5.82 Å². The molecule has 2 rings (SSSR count). The summed E-state index contributed by atoms with van der Waals surface area (Å²) in [6.45, 7) is 9.47. The van der Waals surface area contributed by atoms with Gasteiger partial charge in [-0.05, 0) is 46.2 Å². The summed E-state index contributed by atoms with van der Waals surface area (Å²) >= 11 is 0. The van der Waals surface area contributed by atoms with Crippen molar-refractivity contribution in [2.24, 2.45) is 0 Å². The van der Waals surface area contributed by atoms with Crippen molar-refractivity contribution in [3.05, 3.63) is 46.9 Å². The smallest absolute Gasteiger partial charge is 0.160 e. The van der Waals surface area contributed by atoms with Crippen LogP contribution in [0.4, 0.5) is 0 Å². The van der Waals surface area contributed by atoms with Crippen molar-refractivity contribution in [1.82, 2.24) is 9.97 Å². The molecule has 1 N–H and O–H groups in total. The number of aliphatic hydroxyl groups is 1. The minimum absolute atomic E-state index is 0.461. The molecule has 0 spiro atoms. The summed E-state index contributed by atoms with van der Waals surface area (Å²) in [6.07, 6.45) is 0. The fourth-order valence-corrected chi connectivity index (χ4v) is 2.08. The first kappa shape index (κ1) is 13.7. The molecule has 100 valence electrons. The van der Waals surface area contributed by atoms with E-state index in [9.17, 15) is 5.11 Å². The van der Waals surface area contributed by atoms with Gasteiger partial charge in [-0.1, -0.05) is 23.8 Å². The van der Waals surface area contributed by atoms with E-state index in [1.807, 2.05) is 13.0 Å². The highest BCUT2D eigenvalue weighted by Gasteiger charge is 2.21. The molecule has 19 heavy (non-hydrogen) atoms. The summed E-state index contributed by atoms with van der Waals surface area (Å²) in [6, 6.07) is 8.23. The second-order valence-electron chi connectivity index (χ2n) is 5.60. The van der Waals surface area contributed by atoms with Crippen molar-refractivity contribution in [3.63, 3.8) is 0 Å². The lowest BCUT2D eigenvalue weighted by molar-refractivity contribution is 0.0686. The van der Waals surface area contributed by atoms with Crippen molar-refractivity contribution in [1.29, 1.82) is 0 Å². The Balaban J connectivity index is 2.59. The standard InChI is InChI=1S/C16H20N2O/c1-10-6-7-13(11(2)8-10)14-9-12(3)17-15(18-14)16(4,5)19/h6-9,19H,1-5H3. The average Bonchev–Trinajstić information content (AvgIpc) is 2.26. The summed E-state index contributed by atoms with van der Waals surface area (Å²) in [5.41, 5.74) is 4.19. The quantitative estimate of drug-likeness (QED) is 0.896. The Morgan fingerprint density at radius 2 is 1.68 bits per heavy atom. The largest absolute Gasteiger partial charge is 0.382 e. The lowest BCUT2D eigenvalue weighted by atomic mass is 10.0. The first-order valence-corrected chi connectivity index (χ1v) is 6.43. The first-order chi connectivity index (χ1) is 8.77. The van der Waals surface area contributed by atoms with Crippen LogP contribution in [0, 0.1) is 20.8 Å². The second kappa shape index (κ2) is 4.74. The van der Waals surface area contributed by atoms with E-state index in [0.29, 0.717) is 5.82 Å². The Hall–Kier alpha value is -1.74. The third kappa shape index (κ3) is 2.99. The Labute approximate surface area is 114 Å². The number of aryl methyl sites for hydroxylation is 3. The van der Waals surface area contributed by atoms with Gasteiger partial charge >= 0.3 is 0 Å². The van der Waals surface area contributed by atoms with Crippen LogP contribution in [0.1, 0.15) is 36.5 Å². The third-order valence-corrected chi connectivity index (χ3v) is 3.06. The van der Waals surface area contributed by atoms with Gasteiger partial charge in [-0.15, -0.1) is 0 Å². The zero-order chi connectivity index (χ0) is 14.2. The molecule has 3 heteroatoms. The highest BCUT2D eigenvalue weighted by Crippen LogP contribution is 2.25. The molecule has 2 aromatic rings. The Kier molecular flexibility index (Phi) is 3.42. The van der Waals surface area contributed by atoms with Crippen LogP contribution in [-0.2, 0) is 5.60 Å². The molecule has 3 nitrogen and oxygen atoms in total. The maximum Gasteiger partial charge on any atom is 0.160 e. The summed E-state index contributed by atoms with van der Waals surface area (Å²) in [7, 11) is 0. The normalized spacial score (nSPS) is 11.7. The Morgan fingerprint density at radius 1 is 1.00 bits per heavy atom. The van der Waals surface area contributed by atoms with Gasteiger partial charge < -0.3 is 5.11 Å². The number of nitrogens with zero attached hydrogens (tertiary/aromatic N) is 2. The fraction of sp³-hybridized carbons (Fsp3) is 0.375. The van der Waals surface area contributed by atoms with Crippen LogP contribution in [0.2, 0.25) is 0 Å². The molecule has 0 atom stereocenters. The molecule has 0 unspecified atom stereocenters. The van der Waals surface area contributed by atoms with Gasteiger partial charge in [0.2, 0.25) is 0 Å². The molecule has 1 heterocycles. The minimum Gasteiger partial charge on any atom is -0.382 e. The van der Waals surface area contributed by atoms with Crippen LogP contribution in [0.3, 0.4) is 0 Å². The van der Waals surface area contributed by atoms with Gasteiger partial charge in [0.25, 0.3) is 0 Å². The molecule has 0 aliphatic rings. The molecule has 0 amide bonds. The van der Waals surface area contributed by atoms with Gasteiger partial charge in [-0.2, -0.15) is 0 Å². The fourth-order valence-electron chi connectivity index (χ4n) is 2.08. The highest BCUT2D eigenvalue weighted by molar-refractivity contribution is 5.64. The van der Waals surface area contributed by atoms with E-state index in [1.54, 1.807) is 13.8 Å². The first-order valence-electron chi connectivity index (χ1n) is 6.43. The molecule has 0 radical (unpaired) electrons. The van der Waals surface area contributed by atoms with E-state index in [0.717, 1.165) is 17.0 Å². The minimum atomic E-state index is -1.03. The van der Waals surface area contributed by atoms with E-state index in [4.69, 9.17) is 0 Å². The van der Waals surface area contributed by atoms with Crippen molar-refractivity contribution in [3.8, 4) is 11.3 Å². The summed E-state index contributed by atoms with van der Waals surface area (Å²) < 4.78 is 0. The topological polar surface area (TPSA) is 46.0 Å². The number of aromatic nitrogens is 2. The molecular weight excluding hydrogens is 236 g/mol. The number of benzene rings is 1. The number of hydrogen-bond donors (Lipinski definition) is 1. The van der Waals surface area contributed by atoms with Crippen molar-refractivity contribution in [2.75, 3.05) is 0 Å². The maximum absolute atomic E-state index is 10.1. The van der Waals surface area contributed by atoms with Crippen molar-refractivity contribution in [2.45, 2.75) is 40.2 Å². The predicted octanol–water partition coefficient (Wildman–Crippen LogP) is 3.30. The molecule has 1 aromatic carbocycles. The molecule has 0 saturated heterocycles. The van der Waals surface area contributed by atoms with Crippen LogP contribution < -0.4 is 0 Å². The number of hydrogen-bond acceptors (Lipinski definition) is 3. The van der Waals surface area contributed by atoms with Crippen molar-refractivity contribution < 1.29 is 5.11 Å². The lowest BCUT2D eigenvalue weighted by Gasteiger charge is -2.17. The van der Waals surface area contributed by atoms with Crippen LogP contribution >= 0.6 is 0 Å². The second-order valence-corrected chi connectivity index (χ2v) is 5.60. The summed E-state index contributed by atoms with van der Waals surface area (Å²) in [5, 5.41) is 10.1. The van der Waals surface area contributed by atoms with Crippen LogP contribution in [-0.4, -0.2) is 15.1 Å². The number of rotatable bonds is 2. The lowest BCUT2D eigenvalue weighted by Crippen LogP contribution is -2.20.